The summed E-state index contributed by atoms with van der Waals surface area (Å²) in [5.74, 6) is 0.771. The molecule has 0 radical (unpaired) electrons. The van der Waals surface area contributed by atoms with Crippen molar-refractivity contribution in [2.24, 2.45) is 5.92 Å². The maximum Gasteiger partial charge on any atom is 0.129 e. The molecule has 2 N–H and O–H groups in total. The molecule has 3 atom stereocenters. The van der Waals surface area contributed by atoms with E-state index in [1.165, 1.54) is 45.1 Å². The van der Waals surface area contributed by atoms with Crippen LogP contribution in [0.5, 0.6) is 0 Å². The first-order valence-corrected chi connectivity index (χ1v) is 8.24. The van der Waals surface area contributed by atoms with Gasteiger partial charge in [0.05, 0.1) is 5.69 Å². The number of nitrogens with zero attached hydrogens (tertiary/aromatic N) is 1. The summed E-state index contributed by atoms with van der Waals surface area (Å²) in [6, 6.07) is 5.41. The zero-order valence-corrected chi connectivity index (χ0v) is 12.8. The van der Waals surface area contributed by atoms with E-state index in [0.717, 1.165) is 16.2 Å². The lowest BCUT2D eigenvalue weighted by atomic mass is 9.88. The highest BCUT2D eigenvalue weighted by molar-refractivity contribution is 9.10. The van der Waals surface area contributed by atoms with Crippen molar-refractivity contribution in [3.63, 3.8) is 0 Å². The molecule has 0 aromatic carbocycles. The molecule has 0 amide bonds. The van der Waals surface area contributed by atoms with Crippen LogP contribution in [0.3, 0.4) is 0 Å². The maximum absolute atomic E-state index is 4.30. The number of nitrogens with one attached hydrogen (secondary N) is 2. The van der Waals surface area contributed by atoms with Crippen molar-refractivity contribution in [3.05, 3.63) is 22.9 Å². The average Bonchev–Trinajstić information content (AvgIpc) is 2.91. The summed E-state index contributed by atoms with van der Waals surface area (Å²) in [5.41, 5.74) is 1.13. The highest BCUT2D eigenvalue weighted by atomic mass is 79.9. The lowest BCUT2D eigenvalue weighted by Gasteiger charge is -2.33. The predicted molar refractivity (Wildman–Crippen MR) is 82.3 cm³/mol. The molecule has 1 saturated heterocycles. The highest BCUT2D eigenvalue weighted by Crippen LogP contribution is 2.34. The maximum atomic E-state index is 4.30. The smallest absolute Gasteiger partial charge is 0.129 e. The summed E-state index contributed by atoms with van der Waals surface area (Å²) >= 11 is 3.53. The van der Waals surface area contributed by atoms with Crippen LogP contribution in [0.2, 0.25) is 0 Å². The molecule has 1 saturated carbocycles. The summed E-state index contributed by atoms with van der Waals surface area (Å²) < 4.78 is 0.928. The van der Waals surface area contributed by atoms with Crippen molar-refractivity contribution in [2.45, 2.75) is 50.6 Å². The van der Waals surface area contributed by atoms with Crippen LogP contribution in [0.25, 0.3) is 0 Å². The Kier molecular flexibility index (Phi) is 4.38. The van der Waals surface area contributed by atoms with Crippen LogP contribution in [0.15, 0.2) is 22.9 Å². The molecular weight excluding hydrogens is 302 g/mol. The molecule has 1 aliphatic heterocycles. The van der Waals surface area contributed by atoms with E-state index in [9.17, 15) is 0 Å². The van der Waals surface area contributed by atoms with Crippen LogP contribution in [0, 0.1) is 5.92 Å². The van der Waals surface area contributed by atoms with Crippen LogP contribution < -0.4 is 10.6 Å². The molecule has 1 aliphatic carbocycles. The highest BCUT2D eigenvalue weighted by Gasteiger charge is 2.34. The Morgan fingerprint density at radius 3 is 2.95 bits per heavy atom. The quantitative estimate of drug-likeness (QED) is 0.835. The van der Waals surface area contributed by atoms with E-state index in [0.29, 0.717) is 12.1 Å². The van der Waals surface area contributed by atoms with Gasteiger partial charge in [-0.3, -0.25) is 0 Å². The number of aromatic nitrogens is 1. The second-order valence-corrected chi connectivity index (χ2v) is 6.49. The lowest BCUT2D eigenvalue weighted by molar-refractivity contribution is 0.286. The molecule has 2 aliphatic rings. The van der Waals surface area contributed by atoms with Crippen molar-refractivity contribution >= 4 is 21.6 Å². The van der Waals surface area contributed by atoms with Gasteiger partial charge in [0.15, 0.2) is 0 Å². The first-order chi connectivity index (χ1) is 9.34. The normalized spacial score (nSPS) is 31.3. The SMILES string of the molecule is Brc1ncccc1NC1CCCC1C1CCCCN1. The van der Waals surface area contributed by atoms with Gasteiger partial charge in [0.2, 0.25) is 0 Å². The fourth-order valence-electron chi connectivity index (χ4n) is 3.59. The van der Waals surface area contributed by atoms with E-state index in [4.69, 9.17) is 0 Å². The molecular formula is C15H22BrN3. The third-order valence-corrected chi connectivity index (χ3v) is 5.17. The molecule has 0 spiro atoms. The van der Waals surface area contributed by atoms with Gasteiger partial charge in [-0.1, -0.05) is 12.8 Å². The van der Waals surface area contributed by atoms with E-state index >= 15 is 0 Å². The number of halogens is 1. The van der Waals surface area contributed by atoms with Crippen LogP contribution >= 0.6 is 15.9 Å². The molecule has 3 rings (SSSR count). The van der Waals surface area contributed by atoms with Crippen LogP contribution in [-0.4, -0.2) is 23.6 Å². The van der Waals surface area contributed by atoms with Gasteiger partial charge in [0.1, 0.15) is 4.60 Å². The number of piperidine rings is 1. The predicted octanol–water partition coefficient (Wildman–Crippen LogP) is 3.57. The minimum atomic E-state index is 0.594. The number of pyridine rings is 1. The van der Waals surface area contributed by atoms with E-state index in [-0.39, 0.29) is 0 Å². The topological polar surface area (TPSA) is 37.0 Å². The molecule has 2 heterocycles. The fraction of sp³-hybridized carbons (Fsp3) is 0.667. The summed E-state index contributed by atoms with van der Waals surface area (Å²) in [6.07, 6.45) is 9.88. The van der Waals surface area contributed by atoms with Gasteiger partial charge in [0.25, 0.3) is 0 Å². The molecule has 1 aromatic rings. The third-order valence-electron chi connectivity index (χ3n) is 4.53. The average molecular weight is 324 g/mol. The monoisotopic (exact) mass is 323 g/mol. The van der Waals surface area contributed by atoms with Crippen molar-refractivity contribution < 1.29 is 0 Å². The summed E-state index contributed by atoms with van der Waals surface area (Å²) in [6.45, 7) is 1.20. The molecule has 19 heavy (non-hydrogen) atoms. The minimum Gasteiger partial charge on any atom is -0.380 e. The van der Waals surface area contributed by atoms with Gasteiger partial charge in [-0.25, -0.2) is 4.98 Å². The standard InChI is InChI=1S/C15H22BrN3/c16-15-14(8-4-10-18-15)19-13-7-3-5-11(13)12-6-1-2-9-17-12/h4,8,10-13,17,19H,1-3,5-7,9H2. The van der Waals surface area contributed by atoms with Crippen molar-refractivity contribution in [1.82, 2.24) is 10.3 Å². The lowest BCUT2D eigenvalue weighted by Crippen LogP contribution is -2.44. The van der Waals surface area contributed by atoms with E-state index < -0.39 is 0 Å². The van der Waals surface area contributed by atoms with E-state index in [1.54, 1.807) is 0 Å². The van der Waals surface area contributed by atoms with Crippen LogP contribution in [-0.2, 0) is 0 Å². The Balaban J connectivity index is 1.67. The Hall–Kier alpha value is -0.610. The largest absolute Gasteiger partial charge is 0.380 e. The summed E-state index contributed by atoms with van der Waals surface area (Å²) in [5, 5.41) is 7.43. The number of rotatable bonds is 3. The Bertz CT molecular complexity index is 418. The molecule has 0 bridgehead atoms. The second-order valence-electron chi connectivity index (χ2n) is 5.74. The van der Waals surface area contributed by atoms with Gasteiger partial charge in [-0.15, -0.1) is 0 Å². The van der Waals surface area contributed by atoms with Crippen LogP contribution in [0.1, 0.15) is 38.5 Å². The molecule has 3 nitrogen and oxygen atoms in total. The van der Waals surface area contributed by atoms with E-state index in [2.05, 4.69) is 37.6 Å². The summed E-state index contributed by atoms with van der Waals surface area (Å²) in [4.78, 5) is 4.30. The Morgan fingerprint density at radius 1 is 1.21 bits per heavy atom. The number of anilines is 1. The van der Waals surface area contributed by atoms with Gasteiger partial charge in [0, 0.05) is 18.3 Å². The summed E-state index contributed by atoms with van der Waals surface area (Å²) in [7, 11) is 0. The minimum absolute atomic E-state index is 0.594. The molecule has 3 unspecified atom stereocenters. The Labute approximate surface area is 123 Å². The van der Waals surface area contributed by atoms with Crippen molar-refractivity contribution in [1.29, 1.82) is 0 Å². The van der Waals surface area contributed by atoms with E-state index in [1.807, 2.05) is 12.3 Å². The number of hydrogen-bond acceptors (Lipinski definition) is 3. The molecule has 2 fully saturated rings. The van der Waals surface area contributed by atoms with Crippen molar-refractivity contribution in [3.8, 4) is 0 Å². The zero-order valence-electron chi connectivity index (χ0n) is 11.2. The Morgan fingerprint density at radius 2 is 2.16 bits per heavy atom. The molecule has 104 valence electrons. The molecule has 1 aromatic heterocycles. The van der Waals surface area contributed by atoms with Crippen LogP contribution in [0.4, 0.5) is 5.69 Å². The first kappa shape index (κ1) is 13.4. The van der Waals surface area contributed by atoms with Crippen molar-refractivity contribution in [2.75, 3.05) is 11.9 Å². The third kappa shape index (κ3) is 3.11. The first-order valence-electron chi connectivity index (χ1n) is 7.45. The second kappa shape index (κ2) is 6.23. The zero-order chi connectivity index (χ0) is 13.1. The fourth-order valence-corrected chi connectivity index (χ4v) is 3.95. The molecule has 4 heteroatoms. The van der Waals surface area contributed by atoms with Gasteiger partial charge < -0.3 is 10.6 Å². The van der Waals surface area contributed by atoms with Gasteiger partial charge >= 0.3 is 0 Å². The number of hydrogen-bond donors (Lipinski definition) is 2. The van der Waals surface area contributed by atoms with Gasteiger partial charge in [-0.05, 0) is 66.2 Å². The van der Waals surface area contributed by atoms with Gasteiger partial charge in [-0.2, -0.15) is 0 Å².